The molecule has 2 aromatic carbocycles. The second kappa shape index (κ2) is 8.47. The molecule has 10 heteroatoms. The number of hydrogen-bond donors (Lipinski definition) is 2. The Morgan fingerprint density at radius 2 is 1.88 bits per heavy atom. The fourth-order valence-corrected chi connectivity index (χ4v) is 4.38. The van der Waals surface area contributed by atoms with Gasteiger partial charge in [0, 0.05) is 29.1 Å². The Morgan fingerprint density at radius 1 is 1.15 bits per heavy atom. The lowest BCUT2D eigenvalue weighted by atomic mass is 9.86. The van der Waals surface area contributed by atoms with E-state index in [1.54, 1.807) is 0 Å². The van der Waals surface area contributed by atoms with Gasteiger partial charge in [-0.05, 0) is 48.6 Å². The molecule has 0 bridgehead atoms. The van der Waals surface area contributed by atoms with Crippen LogP contribution in [0.15, 0.2) is 47.4 Å². The van der Waals surface area contributed by atoms with Gasteiger partial charge >= 0.3 is 6.18 Å². The zero-order valence-electron chi connectivity index (χ0n) is 18.1. The van der Waals surface area contributed by atoms with Crippen LogP contribution in [0.5, 0.6) is 11.5 Å². The van der Waals surface area contributed by atoms with E-state index < -0.39 is 45.2 Å². The number of H-pyrrole nitrogens is 1. The van der Waals surface area contributed by atoms with Gasteiger partial charge in [0.2, 0.25) is 5.56 Å². The van der Waals surface area contributed by atoms with Crippen LogP contribution in [-0.4, -0.2) is 10.9 Å². The van der Waals surface area contributed by atoms with E-state index in [1.807, 2.05) is 13.8 Å². The third-order valence-electron chi connectivity index (χ3n) is 5.77. The van der Waals surface area contributed by atoms with Crippen LogP contribution >= 0.6 is 11.6 Å². The number of carbonyl (C=O) groups is 1. The number of carbonyl (C=O) groups excluding carboxylic acids is 1. The SMILES string of the molecule is CC1(C)CCc2c(Oc3cc(C(F)(F)F)c(Cl)cc3C(=O)Nc3cc[nH]c(=O)c3)ccc(F)c21. The smallest absolute Gasteiger partial charge is 0.417 e. The van der Waals surface area contributed by atoms with Crippen molar-refractivity contribution in [1.29, 1.82) is 0 Å². The molecule has 0 spiro atoms. The van der Waals surface area contributed by atoms with Gasteiger partial charge in [-0.15, -0.1) is 0 Å². The number of pyridine rings is 1. The van der Waals surface area contributed by atoms with Gasteiger partial charge in [-0.2, -0.15) is 13.2 Å². The van der Waals surface area contributed by atoms with Gasteiger partial charge < -0.3 is 15.0 Å². The highest BCUT2D eigenvalue weighted by Gasteiger charge is 2.37. The lowest BCUT2D eigenvalue weighted by molar-refractivity contribution is -0.137. The molecule has 34 heavy (non-hydrogen) atoms. The lowest BCUT2D eigenvalue weighted by Crippen LogP contribution is -2.17. The fraction of sp³-hybridized carbons (Fsp3) is 0.250. The Hall–Kier alpha value is -3.33. The molecule has 0 aliphatic heterocycles. The van der Waals surface area contributed by atoms with E-state index in [1.165, 1.54) is 24.4 Å². The van der Waals surface area contributed by atoms with Crippen LogP contribution in [0.4, 0.5) is 23.2 Å². The predicted molar refractivity (Wildman–Crippen MR) is 119 cm³/mol. The summed E-state index contributed by atoms with van der Waals surface area (Å²) >= 11 is 5.85. The van der Waals surface area contributed by atoms with E-state index in [0.29, 0.717) is 30.0 Å². The molecule has 1 heterocycles. The van der Waals surface area contributed by atoms with Crippen LogP contribution in [0.25, 0.3) is 0 Å². The molecule has 0 unspecified atom stereocenters. The van der Waals surface area contributed by atoms with E-state index in [9.17, 15) is 27.2 Å². The molecule has 5 nitrogen and oxygen atoms in total. The van der Waals surface area contributed by atoms with Crippen molar-refractivity contribution in [2.75, 3.05) is 5.32 Å². The quantitative estimate of drug-likeness (QED) is 0.409. The number of anilines is 1. The number of halogens is 5. The third-order valence-corrected chi connectivity index (χ3v) is 6.08. The van der Waals surface area contributed by atoms with Crippen molar-refractivity contribution in [3.8, 4) is 11.5 Å². The molecule has 4 rings (SSSR count). The number of hydrogen-bond acceptors (Lipinski definition) is 3. The summed E-state index contributed by atoms with van der Waals surface area (Å²) in [6.45, 7) is 3.74. The molecule has 1 amide bonds. The van der Waals surface area contributed by atoms with Crippen molar-refractivity contribution in [3.05, 3.63) is 86.0 Å². The summed E-state index contributed by atoms with van der Waals surface area (Å²) in [6, 6.07) is 6.54. The zero-order valence-corrected chi connectivity index (χ0v) is 18.8. The lowest BCUT2D eigenvalue weighted by Gasteiger charge is -2.21. The molecule has 0 atom stereocenters. The molecule has 1 aromatic heterocycles. The molecule has 0 fully saturated rings. The first kappa shape index (κ1) is 23.8. The van der Waals surface area contributed by atoms with E-state index in [-0.39, 0.29) is 17.0 Å². The van der Waals surface area contributed by atoms with E-state index >= 15 is 0 Å². The van der Waals surface area contributed by atoms with Gasteiger partial charge in [-0.25, -0.2) is 4.39 Å². The average molecular weight is 495 g/mol. The van der Waals surface area contributed by atoms with Crippen molar-refractivity contribution in [2.24, 2.45) is 0 Å². The molecule has 3 aromatic rings. The van der Waals surface area contributed by atoms with Crippen molar-refractivity contribution < 1.29 is 27.1 Å². The monoisotopic (exact) mass is 494 g/mol. The number of fused-ring (bicyclic) bond motifs is 1. The summed E-state index contributed by atoms with van der Waals surface area (Å²) in [7, 11) is 0. The fourth-order valence-electron chi connectivity index (χ4n) is 4.11. The van der Waals surface area contributed by atoms with E-state index in [0.717, 1.165) is 12.1 Å². The topological polar surface area (TPSA) is 71.2 Å². The van der Waals surface area contributed by atoms with Gasteiger partial charge in [-0.1, -0.05) is 25.4 Å². The summed E-state index contributed by atoms with van der Waals surface area (Å²) < 4.78 is 61.0. The normalized spacial score (nSPS) is 14.6. The predicted octanol–water partition coefficient (Wildman–Crippen LogP) is 6.45. The minimum Gasteiger partial charge on any atom is -0.456 e. The number of aromatic amines is 1. The van der Waals surface area contributed by atoms with Gasteiger partial charge in [0.1, 0.15) is 17.3 Å². The average Bonchev–Trinajstić information content (AvgIpc) is 3.06. The third kappa shape index (κ3) is 4.52. The first-order valence-electron chi connectivity index (χ1n) is 10.3. The minimum atomic E-state index is -4.80. The Kier molecular flexibility index (Phi) is 5.93. The number of benzene rings is 2. The highest BCUT2D eigenvalue weighted by atomic mass is 35.5. The van der Waals surface area contributed by atoms with E-state index in [4.69, 9.17) is 16.3 Å². The number of ether oxygens (including phenoxy) is 1. The summed E-state index contributed by atoms with van der Waals surface area (Å²) in [4.78, 5) is 26.8. The van der Waals surface area contributed by atoms with Crippen LogP contribution in [0, 0.1) is 5.82 Å². The van der Waals surface area contributed by atoms with Gasteiger partial charge in [-0.3, -0.25) is 9.59 Å². The number of rotatable bonds is 4. The second-order valence-electron chi connectivity index (χ2n) is 8.61. The molecule has 0 saturated carbocycles. The highest BCUT2D eigenvalue weighted by molar-refractivity contribution is 6.32. The number of nitrogens with one attached hydrogen (secondary N) is 2. The minimum absolute atomic E-state index is 0.125. The van der Waals surface area contributed by atoms with Crippen LogP contribution in [0.2, 0.25) is 5.02 Å². The molecule has 0 saturated heterocycles. The Labute approximate surface area is 196 Å². The molecular formula is C24H19ClF4N2O3. The number of amides is 1. The second-order valence-corrected chi connectivity index (χ2v) is 9.01. The van der Waals surface area contributed by atoms with Crippen LogP contribution in [0.3, 0.4) is 0 Å². The number of aromatic nitrogens is 1. The summed E-state index contributed by atoms with van der Waals surface area (Å²) in [5, 5.41) is 1.75. The van der Waals surface area contributed by atoms with Gasteiger partial charge in [0.15, 0.2) is 0 Å². The van der Waals surface area contributed by atoms with Crippen molar-refractivity contribution in [3.63, 3.8) is 0 Å². The van der Waals surface area contributed by atoms with Crippen LogP contribution in [-0.2, 0) is 18.0 Å². The zero-order chi connectivity index (χ0) is 24.8. The molecule has 1 aliphatic carbocycles. The van der Waals surface area contributed by atoms with E-state index in [2.05, 4.69) is 10.3 Å². The Morgan fingerprint density at radius 3 is 2.56 bits per heavy atom. The standard InChI is InChI=1S/C24H19ClF4N2O3/c1-23(2)7-5-13-18(4-3-17(26)21(13)23)34-19-11-15(24(27,28)29)16(25)10-14(19)22(33)31-12-6-8-30-20(32)9-12/h3-4,6,8-11H,5,7H2,1-2H3,(H2,30,31,32,33). The van der Waals surface area contributed by atoms with Crippen molar-refractivity contribution in [1.82, 2.24) is 4.98 Å². The van der Waals surface area contributed by atoms with Gasteiger partial charge in [0.05, 0.1) is 16.1 Å². The van der Waals surface area contributed by atoms with Crippen molar-refractivity contribution in [2.45, 2.75) is 38.3 Å². The van der Waals surface area contributed by atoms with Crippen LogP contribution < -0.4 is 15.6 Å². The summed E-state index contributed by atoms with van der Waals surface area (Å²) in [5.74, 6) is -1.51. The Bertz CT molecular complexity index is 1350. The molecule has 1 aliphatic rings. The molecule has 0 radical (unpaired) electrons. The summed E-state index contributed by atoms with van der Waals surface area (Å²) in [5.41, 5.74) is -1.33. The maximum atomic E-state index is 14.5. The highest BCUT2D eigenvalue weighted by Crippen LogP contribution is 2.46. The maximum absolute atomic E-state index is 14.5. The molecule has 2 N–H and O–H groups in total. The Balaban J connectivity index is 1.81. The first-order valence-corrected chi connectivity index (χ1v) is 10.6. The van der Waals surface area contributed by atoms with Gasteiger partial charge in [0.25, 0.3) is 5.91 Å². The largest absolute Gasteiger partial charge is 0.456 e. The van der Waals surface area contributed by atoms with Crippen LogP contribution in [0.1, 0.15) is 47.3 Å². The number of alkyl halides is 3. The maximum Gasteiger partial charge on any atom is 0.417 e. The first-order chi connectivity index (χ1) is 15.9. The molecular weight excluding hydrogens is 476 g/mol. The molecule has 178 valence electrons. The summed E-state index contributed by atoms with van der Waals surface area (Å²) in [6.07, 6.45) is -2.41. The van der Waals surface area contributed by atoms with Crippen molar-refractivity contribution >= 4 is 23.2 Å².